The molecule has 8 nitrogen and oxygen atoms in total. The van der Waals surface area contributed by atoms with Crippen LogP contribution in [0.1, 0.15) is 47.8 Å². The molecule has 1 aromatic heterocycles. The molecular formula is C23H29ClN4O4. The molecule has 1 unspecified atom stereocenters. The van der Waals surface area contributed by atoms with E-state index >= 15 is 0 Å². The van der Waals surface area contributed by atoms with Crippen molar-refractivity contribution < 1.29 is 15.0 Å². The van der Waals surface area contributed by atoms with Gasteiger partial charge in [0.2, 0.25) is 0 Å². The highest BCUT2D eigenvalue weighted by Crippen LogP contribution is 2.27. The van der Waals surface area contributed by atoms with Gasteiger partial charge in [-0.2, -0.15) is 0 Å². The number of aromatic nitrogens is 2. The van der Waals surface area contributed by atoms with Crippen LogP contribution in [0.2, 0.25) is 0 Å². The molecule has 0 saturated carbocycles. The summed E-state index contributed by atoms with van der Waals surface area (Å²) in [5.41, 5.74) is 2.44. The van der Waals surface area contributed by atoms with Crippen LogP contribution < -0.4 is 11.0 Å². The Morgan fingerprint density at radius 3 is 2.66 bits per heavy atom. The Kier molecular flexibility index (Phi) is 7.60. The molecule has 1 amide bonds. The standard InChI is InChI=1S/C23H28N4O4.ClH/c1-2-24-22(30)17-13-15(7-8-20(17)28)21(29)14-26-11-9-16(10-12-26)27-19-6-4-3-5-18(19)25-23(27)31;/h3-8,13,16,21,28-29H,2,9-12,14H2,1H3,(H,24,30)(H,25,31);1H. The minimum atomic E-state index is -0.777. The van der Waals surface area contributed by atoms with Crippen LogP contribution >= 0.6 is 12.4 Å². The van der Waals surface area contributed by atoms with E-state index < -0.39 is 6.10 Å². The maximum absolute atomic E-state index is 12.4. The molecule has 1 saturated heterocycles. The maximum atomic E-state index is 12.4. The summed E-state index contributed by atoms with van der Waals surface area (Å²) < 4.78 is 1.85. The van der Waals surface area contributed by atoms with Crippen LogP contribution in [0.15, 0.2) is 47.3 Å². The number of β-amino-alcohol motifs (C(OH)–C–C–N with tert-alkyl or cyclic N) is 1. The van der Waals surface area contributed by atoms with Crippen molar-refractivity contribution in [3.8, 4) is 5.75 Å². The van der Waals surface area contributed by atoms with Crippen LogP contribution in [0.3, 0.4) is 0 Å². The smallest absolute Gasteiger partial charge is 0.326 e. The molecule has 0 bridgehead atoms. The number of fused-ring (bicyclic) bond motifs is 1. The number of aliphatic hydroxyl groups excluding tert-OH is 1. The van der Waals surface area contributed by atoms with Crippen LogP contribution in [-0.2, 0) is 0 Å². The second kappa shape index (κ2) is 10.2. The number of phenols is 1. The molecule has 0 spiro atoms. The molecular weight excluding hydrogens is 432 g/mol. The van der Waals surface area contributed by atoms with Gasteiger partial charge in [-0.1, -0.05) is 18.2 Å². The van der Waals surface area contributed by atoms with E-state index in [1.165, 1.54) is 6.07 Å². The minimum absolute atomic E-state index is 0. The SMILES string of the molecule is CCNC(=O)c1cc(C(O)CN2CCC(n3c(=O)[nH]c4ccccc43)CC2)ccc1O.Cl. The fraction of sp³-hybridized carbons (Fsp3) is 0.391. The summed E-state index contributed by atoms with van der Waals surface area (Å²) in [7, 11) is 0. The number of piperidine rings is 1. The Bertz CT molecular complexity index is 1130. The lowest BCUT2D eigenvalue weighted by atomic mass is 10.0. The van der Waals surface area contributed by atoms with Crippen molar-refractivity contribution in [1.29, 1.82) is 0 Å². The van der Waals surface area contributed by atoms with Gasteiger partial charge in [0.15, 0.2) is 0 Å². The minimum Gasteiger partial charge on any atom is -0.507 e. The van der Waals surface area contributed by atoms with Gasteiger partial charge in [-0.25, -0.2) is 4.79 Å². The molecule has 4 N–H and O–H groups in total. The number of phenolic OH excluding ortho intramolecular Hbond substituents is 1. The van der Waals surface area contributed by atoms with Gasteiger partial charge in [-0.3, -0.25) is 9.36 Å². The van der Waals surface area contributed by atoms with E-state index in [9.17, 15) is 19.8 Å². The number of amides is 1. The van der Waals surface area contributed by atoms with Crippen molar-refractivity contribution in [3.05, 3.63) is 64.1 Å². The van der Waals surface area contributed by atoms with Crippen molar-refractivity contribution >= 4 is 29.3 Å². The number of hydrogen-bond donors (Lipinski definition) is 4. The third-order valence-electron chi connectivity index (χ3n) is 5.96. The van der Waals surface area contributed by atoms with E-state index in [4.69, 9.17) is 0 Å². The quantitative estimate of drug-likeness (QED) is 0.452. The highest BCUT2D eigenvalue weighted by atomic mass is 35.5. The van der Waals surface area contributed by atoms with E-state index in [1.807, 2.05) is 35.8 Å². The number of aromatic hydroxyl groups is 1. The number of rotatable bonds is 6. The van der Waals surface area contributed by atoms with Crippen LogP contribution in [0.5, 0.6) is 5.75 Å². The van der Waals surface area contributed by atoms with Crippen molar-refractivity contribution in [1.82, 2.24) is 19.8 Å². The summed E-state index contributed by atoms with van der Waals surface area (Å²) in [6.45, 7) is 4.21. The molecule has 9 heteroatoms. The molecule has 1 aliphatic heterocycles. The third-order valence-corrected chi connectivity index (χ3v) is 5.96. The fourth-order valence-electron chi connectivity index (χ4n) is 4.35. The summed E-state index contributed by atoms with van der Waals surface area (Å²) in [6.07, 6.45) is 0.851. The second-order valence-electron chi connectivity index (χ2n) is 8.00. The number of likely N-dealkylation sites (tertiary alicyclic amines) is 1. The Labute approximate surface area is 192 Å². The van der Waals surface area contributed by atoms with Gasteiger partial charge >= 0.3 is 5.69 Å². The number of nitrogens with one attached hydrogen (secondary N) is 2. The van der Waals surface area contributed by atoms with Crippen molar-refractivity contribution in [2.24, 2.45) is 0 Å². The average molecular weight is 461 g/mol. The molecule has 2 aromatic carbocycles. The first-order valence-corrected chi connectivity index (χ1v) is 10.7. The van der Waals surface area contributed by atoms with Gasteiger partial charge in [-0.05, 0) is 49.6 Å². The Morgan fingerprint density at radius 2 is 1.94 bits per heavy atom. The summed E-state index contributed by atoms with van der Waals surface area (Å²) in [5.74, 6) is -0.467. The number of nitrogens with zero attached hydrogens (tertiary/aromatic N) is 2. The van der Waals surface area contributed by atoms with Crippen molar-refractivity contribution in [3.63, 3.8) is 0 Å². The fourth-order valence-corrected chi connectivity index (χ4v) is 4.35. The van der Waals surface area contributed by atoms with E-state index in [0.717, 1.165) is 37.0 Å². The van der Waals surface area contributed by atoms with Gasteiger partial charge in [0.25, 0.3) is 5.91 Å². The van der Waals surface area contributed by atoms with Gasteiger partial charge in [-0.15, -0.1) is 12.4 Å². The van der Waals surface area contributed by atoms with E-state index in [0.29, 0.717) is 18.7 Å². The number of H-pyrrole nitrogens is 1. The predicted octanol–water partition coefficient (Wildman–Crippen LogP) is 2.58. The van der Waals surface area contributed by atoms with Gasteiger partial charge in [0, 0.05) is 32.2 Å². The largest absolute Gasteiger partial charge is 0.507 e. The summed E-state index contributed by atoms with van der Waals surface area (Å²) in [4.78, 5) is 29.6. The molecule has 1 fully saturated rings. The molecule has 3 aromatic rings. The lowest BCUT2D eigenvalue weighted by molar-refractivity contribution is 0.0902. The first-order valence-electron chi connectivity index (χ1n) is 10.7. The number of para-hydroxylation sites is 2. The average Bonchev–Trinajstić information content (AvgIpc) is 3.10. The van der Waals surface area contributed by atoms with Crippen LogP contribution in [0.4, 0.5) is 0 Å². The van der Waals surface area contributed by atoms with Gasteiger partial charge < -0.3 is 25.4 Å². The Hall–Kier alpha value is -2.81. The van der Waals surface area contributed by atoms with E-state index in [-0.39, 0.29) is 41.4 Å². The Morgan fingerprint density at radius 1 is 1.22 bits per heavy atom. The molecule has 0 radical (unpaired) electrons. The first kappa shape index (κ1) is 23.8. The zero-order chi connectivity index (χ0) is 22.0. The Balaban J connectivity index is 0.00000289. The summed E-state index contributed by atoms with van der Waals surface area (Å²) in [5, 5.41) is 23.4. The van der Waals surface area contributed by atoms with Crippen molar-refractivity contribution in [2.45, 2.75) is 31.9 Å². The molecule has 1 atom stereocenters. The van der Waals surface area contributed by atoms with Gasteiger partial charge in [0.05, 0.1) is 22.7 Å². The monoisotopic (exact) mass is 460 g/mol. The second-order valence-corrected chi connectivity index (χ2v) is 8.00. The lowest BCUT2D eigenvalue weighted by Gasteiger charge is -2.33. The normalized spacial score (nSPS) is 15.9. The number of carbonyl (C=O) groups excluding carboxylic acids is 1. The molecule has 4 rings (SSSR count). The number of halogens is 1. The number of hydrogen-bond acceptors (Lipinski definition) is 5. The molecule has 2 heterocycles. The van der Waals surface area contributed by atoms with Gasteiger partial charge in [0.1, 0.15) is 5.75 Å². The number of carbonyl (C=O) groups is 1. The lowest BCUT2D eigenvalue weighted by Crippen LogP contribution is -2.39. The van der Waals surface area contributed by atoms with Crippen molar-refractivity contribution in [2.75, 3.05) is 26.2 Å². The molecule has 32 heavy (non-hydrogen) atoms. The highest BCUT2D eigenvalue weighted by molar-refractivity contribution is 5.97. The van der Waals surface area contributed by atoms with Crippen LogP contribution in [0.25, 0.3) is 11.0 Å². The molecule has 0 aliphatic carbocycles. The van der Waals surface area contributed by atoms with Crippen LogP contribution in [0, 0.1) is 0 Å². The third kappa shape index (κ3) is 4.82. The highest BCUT2D eigenvalue weighted by Gasteiger charge is 2.25. The predicted molar refractivity (Wildman–Crippen MR) is 126 cm³/mol. The summed E-state index contributed by atoms with van der Waals surface area (Å²) in [6, 6.07) is 12.5. The first-order chi connectivity index (χ1) is 15.0. The maximum Gasteiger partial charge on any atom is 0.326 e. The van der Waals surface area contributed by atoms with Crippen LogP contribution in [-0.4, -0.2) is 56.8 Å². The zero-order valence-electron chi connectivity index (χ0n) is 18.0. The van der Waals surface area contributed by atoms with E-state index in [1.54, 1.807) is 12.1 Å². The number of aromatic amines is 1. The number of benzene rings is 2. The zero-order valence-corrected chi connectivity index (χ0v) is 18.8. The number of aliphatic hydroxyl groups is 1. The molecule has 172 valence electrons. The van der Waals surface area contributed by atoms with E-state index in [2.05, 4.69) is 15.2 Å². The topological polar surface area (TPSA) is 111 Å². The number of imidazole rings is 1. The summed E-state index contributed by atoms with van der Waals surface area (Å²) >= 11 is 0. The molecule has 1 aliphatic rings.